The fourth-order valence-corrected chi connectivity index (χ4v) is 5.43. The molecule has 0 unspecified atom stereocenters. The standard InChI is InChI=1S/C22H24N2O2S/c1-14-8-19-18(21(2,3)13-22(4,5)27-19)9-15(14)6-7-16-11-24-17(12-23-16)10-20(25)26/h8-9,11-12H,10,13H2,1-5H3,(H,25,26). The molecule has 2 heterocycles. The fraction of sp³-hybridized carbons (Fsp3) is 0.409. The van der Waals surface area contributed by atoms with Crippen LogP contribution in [0.1, 0.15) is 62.2 Å². The van der Waals surface area contributed by atoms with Crippen LogP contribution in [0.15, 0.2) is 29.4 Å². The van der Waals surface area contributed by atoms with Gasteiger partial charge >= 0.3 is 5.97 Å². The predicted molar refractivity (Wildman–Crippen MR) is 108 cm³/mol. The van der Waals surface area contributed by atoms with Crippen LogP contribution >= 0.6 is 11.8 Å². The Morgan fingerprint density at radius 1 is 1.19 bits per heavy atom. The highest BCUT2D eigenvalue weighted by Crippen LogP contribution is 2.51. The second kappa shape index (κ2) is 7.01. The van der Waals surface area contributed by atoms with Crippen LogP contribution in [-0.2, 0) is 16.6 Å². The number of thioether (sulfide) groups is 1. The number of carboxylic acid groups (broad SMARTS) is 1. The normalized spacial score (nSPS) is 16.8. The number of carboxylic acids is 1. The van der Waals surface area contributed by atoms with Crippen molar-refractivity contribution in [1.82, 2.24) is 9.97 Å². The first kappa shape index (κ1) is 19.4. The molecule has 140 valence electrons. The van der Waals surface area contributed by atoms with Crippen LogP contribution in [0.4, 0.5) is 0 Å². The third-order valence-electron chi connectivity index (χ3n) is 4.67. The van der Waals surface area contributed by atoms with E-state index in [4.69, 9.17) is 5.11 Å². The third-order valence-corrected chi connectivity index (χ3v) is 5.93. The lowest BCUT2D eigenvalue weighted by atomic mass is 9.76. The summed E-state index contributed by atoms with van der Waals surface area (Å²) in [4.78, 5) is 20.4. The summed E-state index contributed by atoms with van der Waals surface area (Å²) in [5, 5.41) is 8.79. The summed E-state index contributed by atoms with van der Waals surface area (Å²) in [7, 11) is 0. The van der Waals surface area contributed by atoms with Gasteiger partial charge in [0.15, 0.2) is 0 Å². The van der Waals surface area contributed by atoms with Crippen molar-refractivity contribution in [2.75, 3.05) is 0 Å². The molecule has 1 N–H and O–H groups in total. The lowest BCUT2D eigenvalue weighted by molar-refractivity contribution is -0.136. The number of fused-ring (bicyclic) bond motifs is 1. The summed E-state index contributed by atoms with van der Waals surface area (Å²) in [6.07, 6.45) is 3.98. The SMILES string of the molecule is Cc1cc2c(cc1C#Cc1cnc(CC(=O)O)cn1)C(C)(C)CC(C)(C)S2. The molecular weight excluding hydrogens is 356 g/mol. The minimum absolute atomic E-state index is 0.104. The molecule has 0 amide bonds. The van der Waals surface area contributed by atoms with E-state index < -0.39 is 5.97 Å². The van der Waals surface area contributed by atoms with Gasteiger partial charge in [-0.05, 0) is 47.9 Å². The average molecular weight is 381 g/mol. The van der Waals surface area contributed by atoms with Crippen molar-refractivity contribution in [2.45, 2.75) is 62.5 Å². The summed E-state index contributed by atoms with van der Waals surface area (Å²) in [5.74, 6) is 5.35. The highest BCUT2D eigenvalue weighted by Gasteiger charge is 2.38. The second-order valence-corrected chi connectivity index (χ2v) is 10.0. The Morgan fingerprint density at radius 2 is 1.93 bits per heavy atom. The van der Waals surface area contributed by atoms with Crippen LogP contribution < -0.4 is 0 Å². The molecule has 0 aliphatic carbocycles. The molecule has 4 nitrogen and oxygen atoms in total. The third kappa shape index (κ3) is 4.51. The van der Waals surface area contributed by atoms with Crippen LogP contribution in [0.2, 0.25) is 0 Å². The van der Waals surface area contributed by atoms with Gasteiger partial charge in [-0.2, -0.15) is 0 Å². The van der Waals surface area contributed by atoms with Gasteiger partial charge in [0.1, 0.15) is 5.69 Å². The zero-order chi connectivity index (χ0) is 19.8. The average Bonchev–Trinajstić information content (AvgIpc) is 2.52. The first-order valence-corrected chi connectivity index (χ1v) is 9.76. The monoisotopic (exact) mass is 380 g/mol. The maximum Gasteiger partial charge on any atom is 0.309 e. The maximum atomic E-state index is 10.7. The Bertz CT molecular complexity index is 951. The van der Waals surface area contributed by atoms with E-state index in [-0.39, 0.29) is 16.6 Å². The molecular formula is C22H24N2O2S. The number of aromatic nitrogens is 2. The molecule has 3 rings (SSSR count). The van der Waals surface area contributed by atoms with Crippen LogP contribution in [0.5, 0.6) is 0 Å². The summed E-state index contributed by atoms with van der Waals surface area (Å²) in [6.45, 7) is 11.3. The fourth-order valence-electron chi connectivity index (χ4n) is 3.72. The summed E-state index contributed by atoms with van der Waals surface area (Å²) >= 11 is 1.94. The Kier molecular flexibility index (Phi) is 5.05. The highest BCUT2D eigenvalue weighted by atomic mass is 32.2. The topological polar surface area (TPSA) is 63.1 Å². The molecule has 0 fully saturated rings. The van der Waals surface area contributed by atoms with Gasteiger partial charge in [0.2, 0.25) is 0 Å². The van der Waals surface area contributed by atoms with Gasteiger partial charge < -0.3 is 5.11 Å². The lowest BCUT2D eigenvalue weighted by Gasteiger charge is -2.42. The largest absolute Gasteiger partial charge is 0.481 e. The van der Waals surface area contributed by atoms with Crippen LogP contribution in [0.3, 0.4) is 0 Å². The van der Waals surface area contributed by atoms with E-state index in [2.05, 4.69) is 68.6 Å². The van der Waals surface area contributed by atoms with E-state index in [0.717, 1.165) is 17.5 Å². The number of nitrogens with zero attached hydrogens (tertiary/aromatic N) is 2. The Morgan fingerprint density at radius 3 is 2.56 bits per heavy atom. The minimum atomic E-state index is -0.920. The molecule has 0 bridgehead atoms. The number of aryl methyl sites for hydroxylation is 1. The number of carbonyl (C=O) groups is 1. The second-order valence-electron chi connectivity index (χ2n) is 8.30. The van der Waals surface area contributed by atoms with E-state index in [9.17, 15) is 4.79 Å². The molecule has 1 aromatic carbocycles. The van der Waals surface area contributed by atoms with Crippen LogP contribution in [0, 0.1) is 18.8 Å². The van der Waals surface area contributed by atoms with Gasteiger partial charge in [-0.1, -0.05) is 33.6 Å². The van der Waals surface area contributed by atoms with Crippen molar-refractivity contribution in [2.24, 2.45) is 0 Å². The lowest BCUT2D eigenvalue weighted by Crippen LogP contribution is -2.33. The maximum absolute atomic E-state index is 10.7. The molecule has 0 spiro atoms. The van der Waals surface area contributed by atoms with Gasteiger partial charge in [0.05, 0.1) is 24.5 Å². The number of rotatable bonds is 2. The molecule has 5 heteroatoms. The zero-order valence-electron chi connectivity index (χ0n) is 16.4. The van der Waals surface area contributed by atoms with Crippen LogP contribution in [0.25, 0.3) is 0 Å². The van der Waals surface area contributed by atoms with Crippen molar-refractivity contribution in [1.29, 1.82) is 0 Å². The van der Waals surface area contributed by atoms with Gasteiger partial charge in [0.25, 0.3) is 0 Å². The summed E-state index contributed by atoms with van der Waals surface area (Å²) < 4.78 is 0.226. The molecule has 27 heavy (non-hydrogen) atoms. The van der Waals surface area contributed by atoms with E-state index in [1.807, 2.05) is 11.8 Å². The molecule has 0 radical (unpaired) electrons. The minimum Gasteiger partial charge on any atom is -0.481 e. The quantitative estimate of drug-likeness (QED) is 0.784. The van der Waals surface area contributed by atoms with Crippen molar-refractivity contribution >= 4 is 17.7 Å². The number of benzene rings is 1. The van der Waals surface area contributed by atoms with Crippen molar-refractivity contribution in [3.8, 4) is 11.8 Å². The first-order valence-electron chi connectivity index (χ1n) is 8.95. The predicted octanol–water partition coefficient (Wildman–Crippen LogP) is 4.36. The Balaban J connectivity index is 1.92. The molecule has 1 aliphatic heterocycles. The van der Waals surface area contributed by atoms with E-state index in [0.29, 0.717) is 11.4 Å². The first-order chi connectivity index (χ1) is 12.6. The molecule has 1 aliphatic rings. The van der Waals surface area contributed by atoms with Gasteiger partial charge in [-0.3, -0.25) is 9.78 Å². The number of hydrogen-bond acceptors (Lipinski definition) is 4. The van der Waals surface area contributed by atoms with E-state index >= 15 is 0 Å². The Hall–Kier alpha value is -2.32. The van der Waals surface area contributed by atoms with Crippen molar-refractivity contribution in [3.63, 3.8) is 0 Å². The molecule has 0 saturated carbocycles. The number of aliphatic carboxylic acids is 1. The van der Waals surface area contributed by atoms with Crippen molar-refractivity contribution < 1.29 is 9.90 Å². The smallest absolute Gasteiger partial charge is 0.309 e. The highest BCUT2D eigenvalue weighted by molar-refractivity contribution is 8.00. The van der Waals surface area contributed by atoms with E-state index in [1.165, 1.54) is 22.9 Å². The van der Waals surface area contributed by atoms with E-state index in [1.54, 1.807) is 0 Å². The summed E-state index contributed by atoms with van der Waals surface area (Å²) in [5.41, 5.74) is 4.57. The summed E-state index contributed by atoms with van der Waals surface area (Å²) in [6, 6.07) is 4.46. The molecule has 0 saturated heterocycles. The van der Waals surface area contributed by atoms with Gasteiger partial charge in [-0.15, -0.1) is 11.8 Å². The molecule has 2 aromatic rings. The Labute approximate surface area is 164 Å². The molecule has 1 aromatic heterocycles. The zero-order valence-corrected chi connectivity index (χ0v) is 17.2. The van der Waals surface area contributed by atoms with Crippen LogP contribution in [-0.4, -0.2) is 25.8 Å². The van der Waals surface area contributed by atoms with Crippen molar-refractivity contribution in [3.05, 3.63) is 52.6 Å². The van der Waals surface area contributed by atoms with Gasteiger partial charge in [-0.25, -0.2) is 4.98 Å². The van der Waals surface area contributed by atoms with Gasteiger partial charge in [0, 0.05) is 15.2 Å². The number of hydrogen-bond donors (Lipinski definition) is 1. The molecule has 0 atom stereocenters.